The lowest BCUT2D eigenvalue weighted by atomic mass is 10.1. The molecule has 0 saturated heterocycles. The Labute approximate surface area is 112 Å². The highest BCUT2D eigenvalue weighted by Crippen LogP contribution is 2.18. The molecule has 1 heterocycles. The molecule has 2 aromatic rings. The molecule has 100 valence electrons. The number of hydrogen-bond donors (Lipinski definition) is 1. The van der Waals surface area contributed by atoms with Crippen LogP contribution in [0.25, 0.3) is 10.9 Å². The van der Waals surface area contributed by atoms with Crippen LogP contribution in [0.4, 0.5) is 0 Å². The van der Waals surface area contributed by atoms with Crippen LogP contribution in [-0.2, 0) is 11.8 Å². The fraction of sp³-hybridized carbons (Fsp3) is 0.333. The van der Waals surface area contributed by atoms with E-state index in [9.17, 15) is 9.59 Å². The van der Waals surface area contributed by atoms with Crippen LogP contribution < -0.4 is 10.9 Å². The minimum absolute atomic E-state index is 0.0717. The highest BCUT2D eigenvalue weighted by Gasteiger charge is 2.14. The lowest BCUT2D eigenvalue weighted by Gasteiger charge is -2.15. The molecule has 0 aliphatic carbocycles. The number of carbonyl (C=O) groups is 1. The summed E-state index contributed by atoms with van der Waals surface area (Å²) in [6, 6.07) is 7.54. The molecule has 1 unspecified atom stereocenters. The maximum Gasteiger partial charge on any atom is 0.256 e. The van der Waals surface area contributed by atoms with E-state index in [0.29, 0.717) is 5.56 Å². The predicted octanol–water partition coefficient (Wildman–Crippen LogP) is 2.04. The molecule has 0 aliphatic heterocycles. The van der Waals surface area contributed by atoms with Crippen molar-refractivity contribution in [3.8, 4) is 0 Å². The number of fused-ring (bicyclic) bond motifs is 1. The van der Waals surface area contributed by atoms with E-state index in [1.807, 2.05) is 38.1 Å². The molecule has 19 heavy (non-hydrogen) atoms. The van der Waals surface area contributed by atoms with Gasteiger partial charge >= 0.3 is 0 Å². The van der Waals surface area contributed by atoms with Crippen LogP contribution >= 0.6 is 0 Å². The summed E-state index contributed by atoms with van der Waals surface area (Å²) in [4.78, 5) is 23.4. The topological polar surface area (TPSA) is 51.1 Å². The molecule has 0 aliphatic rings. The number of benzene rings is 1. The Bertz CT molecular complexity index is 701. The number of pyridine rings is 1. The van der Waals surface area contributed by atoms with Gasteiger partial charge in [-0.2, -0.15) is 0 Å². The summed E-state index contributed by atoms with van der Waals surface area (Å²) >= 11 is 0. The molecule has 4 heteroatoms. The summed E-state index contributed by atoms with van der Waals surface area (Å²) in [7, 11) is 1.75. The highest BCUT2D eigenvalue weighted by atomic mass is 16.1. The van der Waals surface area contributed by atoms with Crippen LogP contribution in [0.15, 0.2) is 29.1 Å². The lowest BCUT2D eigenvalue weighted by Crippen LogP contribution is -2.31. The van der Waals surface area contributed by atoms with Gasteiger partial charge in [-0.25, -0.2) is 0 Å². The number of aryl methyl sites for hydroxylation is 2. The van der Waals surface area contributed by atoms with Gasteiger partial charge in [-0.1, -0.05) is 11.6 Å². The van der Waals surface area contributed by atoms with Crippen molar-refractivity contribution < 1.29 is 4.79 Å². The fourth-order valence-corrected chi connectivity index (χ4v) is 2.32. The van der Waals surface area contributed by atoms with Gasteiger partial charge in [-0.3, -0.25) is 9.59 Å². The summed E-state index contributed by atoms with van der Waals surface area (Å²) in [5, 5.41) is 3.76. The fourth-order valence-electron chi connectivity index (χ4n) is 2.32. The Kier molecular flexibility index (Phi) is 3.42. The zero-order valence-corrected chi connectivity index (χ0v) is 11.7. The Morgan fingerprint density at radius 1 is 1.32 bits per heavy atom. The normalized spacial score (nSPS) is 12.4. The Morgan fingerprint density at radius 3 is 2.63 bits per heavy atom. The zero-order valence-electron chi connectivity index (χ0n) is 11.7. The van der Waals surface area contributed by atoms with Crippen LogP contribution in [-0.4, -0.2) is 10.5 Å². The Morgan fingerprint density at radius 2 is 2.00 bits per heavy atom. The first-order valence-corrected chi connectivity index (χ1v) is 6.27. The molecular formula is C15H18N2O2. The van der Waals surface area contributed by atoms with Crippen molar-refractivity contribution in [2.24, 2.45) is 7.05 Å². The molecule has 1 amide bonds. The van der Waals surface area contributed by atoms with Gasteiger partial charge in [0.05, 0.1) is 11.6 Å². The minimum Gasteiger partial charge on any atom is -0.350 e. The number of nitrogens with zero attached hydrogens (tertiary/aromatic N) is 1. The molecule has 0 spiro atoms. The number of rotatable bonds is 2. The number of amides is 1. The van der Waals surface area contributed by atoms with Crippen LogP contribution in [0.3, 0.4) is 0 Å². The SMILES string of the molecule is CC(=O)NC(C)c1cc2cc(C)ccc2n(C)c1=O. The summed E-state index contributed by atoms with van der Waals surface area (Å²) in [5.74, 6) is -0.140. The summed E-state index contributed by atoms with van der Waals surface area (Å²) in [6.07, 6.45) is 0. The van der Waals surface area contributed by atoms with E-state index in [2.05, 4.69) is 5.32 Å². The average Bonchev–Trinajstić information content (AvgIpc) is 2.32. The average molecular weight is 258 g/mol. The monoisotopic (exact) mass is 258 g/mol. The van der Waals surface area contributed by atoms with Gasteiger partial charge in [-0.15, -0.1) is 0 Å². The third kappa shape index (κ3) is 2.52. The highest BCUT2D eigenvalue weighted by molar-refractivity contribution is 5.81. The van der Waals surface area contributed by atoms with Crippen molar-refractivity contribution >= 4 is 16.8 Å². The molecule has 4 nitrogen and oxygen atoms in total. The minimum atomic E-state index is -0.291. The second kappa shape index (κ2) is 4.88. The number of hydrogen-bond acceptors (Lipinski definition) is 2. The van der Waals surface area contributed by atoms with Gasteiger partial charge in [0.15, 0.2) is 0 Å². The number of nitrogens with one attached hydrogen (secondary N) is 1. The number of aromatic nitrogens is 1. The van der Waals surface area contributed by atoms with Gasteiger partial charge in [0.2, 0.25) is 5.91 Å². The second-order valence-corrected chi connectivity index (χ2v) is 4.95. The summed E-state index contributed by atoms with van der Waals surface area (Å²) in [6.45, 7) is 5.29. The van der Waals surface area contributed by atoms with Crippen LogP contribution in [0.2, 0.25) is 0 Å². The van der Waals surface area contributed by atoms with Crippen molar-refractivity contribution in [1.29, 1.82) is 0 Å². The van der Waals surface area contributed by atoms with Crippen molar-refractivity contribution in [3.05, 3.63) is 45.7 Å². The third-order valence-corrected chi connectivity index (χ3v) is 3.29. The smallest absolute Gasteiger partial charge is 0.256 e. The Hall–Kier alpha value is -2.10. The number of carbonyl (C=O) groups excluding carboxylic acids is 1. The summed E-state index contributed by atoms with van der Waals surface area (Å²) < 4.78 is 1.63. The van der Waals surface area contributed by atoms with Gasteiger partial charge in [-0.05, 0) is 37.4 Å². The van der Waals surface area contributed by atoms with E-state index in [4.69, 9.17) is 0 Å². The molecule has 1 atom stereocenters. The second-order valence-electron chi connectivity index (χ2n) is 4.95. The van der Waals surface area contributed by atoms with Crippen LogP contribution in [0, 0.1) is 6.92 Å². The van der Waals surface area contributed by atoms with E-state index in [-0.39, 0.29) is 17.5 Å². The Balaban J connectivity index is 2.65. The molecule has 0 saturated carbocycles. The standard InChI is InChI=1S/C15H18N2O2/c1-9-5-6-14-12(7-9)8-13(15(19)17(14)4)10(2)16-11(3)18/h5-8,10H,1-4H3,(H,16,18). The molecule has 0 bridgehead atoms. The van der Waals surface area contributed by atoms with E-state index >= 15 is 0 Å². The molecule has 0 radical (unpaired) electrons. The van der Waals surface area contributed by atoms with E-state index in [0.717, 1.165) is 16.5 Å². The van der Waals surface area contributed by atoms with Crippen LogP contribution in [0.5, 0.6) is 0 Å². The molecule has 2 rings (SSSR count). The van der Waals surface area contributed by atoms with Crippen LogP contribution in [0.1, 0.15) is 31.0 Å². The third-order valence-electron chi connectivity index (χ3n) is 3.29. The molecular weight excluding hydrogens is 240 g/mol. The lowest BCUT2D eigenvalue weighted by molar-refractivity contribution is -0.119. The largest absolute Gasteiger partial charge is 0.350 e. The first kappa shape index (κ1) is 13.3. The van der Waals surface area contributed by atoms with Crippen molar-refractivity contribution in [2.75, 3.05) is 0 Å². The van der Waals surface area contributed by atoms with E-state index < -0.39 is 0 Å². The summed E-state index contributed by atoms with van der Waals surface area (Å²) in [5.41, 5.74) is 2.58. The van der Waals surface area contributed by atoms with Crippen molar-refractivity contribution in [3.63, 3.8) is 0 Å². The maximum atomic E-state index is 12.3. The molecule has 1 aromatic carbocycles. The maximum absolute atomic E-state index is 12.3. The zero-order chi connectivity index (χ0) is 14.2. The molecule has 1 aromatic heterocycles. The first-order chi connectivity index (χ1) is 8.90. The van der Waals surface area contributed by atoms with Gasteiger partial charge < -0.3 is 9.88 Å². The molecule has 1 N–H and O–H groups in total. The molecule has 0 fully saturated rings. The quantitative estimate of drug-likeness (QED) is 0.896. The van der Waals surface area contributed by atoms with Gasteiger partial charge in [0.1, 0.15) is 0 Å². The van der Waals surface area contributed by atoms with Crippen molar-refractivity contribution in [2.45, 2.75) is 26.8 Å². The van der Waals surface area contributed by atoms with E-state index in [1.54, 1.807) is 11.6 Å². The van der Waals surface area contributed by atoms with Crippen molar-refractivity contribution in [1.82, 2.24) is 9.88 Å². The van der Waals surface area contributed by atoms with Gasteiger partial charge in [0.25, 0.3) is 5.56 Å². The first-order valence-electron chi connectivity index (χ1n) is 6.27. The van der Waals surface area contributed by atoms with E-state index in [1.165, 1.54) is 6.92 Å². The predicted molar refractivity (Wildman–Crippen MR) is 76.2 cm³/mol. The van der Waals surface area contributed by atoms with Gasteiger partial charge in [0, 0.05) is 19.5 Å².